The van der Waals surface area contributed by atoms with Gasteiger partial charge in [-0.05, 0) is 24.8 Å². The highest BCUT2D eigenvalue weighted by Gasteiger charge is 2.14. The lowest BCUT2D eigenvalue weighted by molar-refractivity contribution is -0.137. The highest BCUT2D eigenvalue weighted by molar-refractivity contribution is 5.85. The molecule has 1 aliphatic rings. The molecule has 3 heteroatoms. The van der Waals surface area contributed by atoms with Crippen molar-refractivity contribution in [2.75, 3.05) is 7.11 Å². The maximum atomic E-state index is 13.1. The van der Waals surface area contributed by atoms with Crippen LogP contribution in [0.25, 0.3) is 0 Å². The lowest BCUT2D eigenvalue weighted by Gasteiger charge is -2.07. The molecule has 0 atom stereocenters. The number of carbonyl (C=O) groups excluding carboxylic acids is 1. The topological polar surface area (TPSA) is 26.3 Å². The smallest absolute Gasteiger partial charge is 0.366 e. The van der Waals surface area contributed by atoms with E-state index in [0.29, 0.717) is 0 Å². The first-order valence-corrected chi connectivity index (χ1v) is 5.19. The van der Waals surface area contributed by atoms with Crippen molar-refractivity contribution in [1.82, 2.24) is 0 Å². The van der Waals surface area contributed by atoms with Gasteiger partial charge in [-0.2, -0.15) is 4.39 Å². The fraction of sp³-hybridized carbons (Fsp3) is 0.727. The summed E-state index contributed by atoms with van der Waals surface area (Å²) in [6.45, 7) is 0. The number of rotatable bonds is 2. The normalized spacial score (nSPS) is 20.3. The number of halogens is 1. The largest absolute Gasteiger partial charge is 0.464 e. The molecule has 0 N–H and O–H groups in total. The first kappa shape index (κ1) is 11.2. The van der Waals surface area contributed by atoms with Gasteiger partial charge in [0, 0.05) is 0 Å². The Morgan fingerprint density at radius 1 is 1.29 bits per heavy atom. The third-order valence-corrected chi connectivity index (χ3v) is 2.66. The van der Waals surface area contributed by atoms with Crippen LogP contribution in [-0.2, 0) is 9.53 Å². The zero-order valence-electron chi connectivity index (χ0n) is 8.59. The van der Waals surface area contributed by atoms with Crippen LogP contribution in [0.4, 0.5) is 4.39 Å². The number of hydrogen-bond donors (Lipinski definition) is 0. The highest BCUT2D eigenvalue weighted by atomic mass is 19.1. The van der Waals surface area contributed by atoms with Gasteiger partial charge in [0.1, 0.15) is 0 Å². The van der Waals surface area contributed by atoms with Gasteiger partial charge in [0.25, 0.3) is 0 Å². The molecule has 1 saturated carbocycles. The Labute approximate surface area is 84.1 Å². The van der Waals surface area contributed by atoms with E-state index in [2.05, 4.69) is 4.74 Å². The Kier molecular flexibility index (Phi) is 4.63. The summed E-state index contributed by atoms with van der Waals surface area (Å²) in [6, 6.07) is 0. The van der Waals surface area contributed by atoms with Crippen molar-refractivity contribution in [2.24, 2.45) is 5.92 Å². The second-order valence-corrected chi connectivity index (χ2v) is 3.76. The van der Waals surface area contributed by atoms with Crippen molar-refractivity contribution < 1.29 is 13.9 Å². The average Bonchev–Trinajstić information content (AvgIpc) is 2.45. The molecule has 0 heterocycles. The summed E-state index contributed by atoms with van der Waals surface area (Å²) in [5, 5.41) is 0. The van der Waals surface area contributed by atoms with Gasteiger partial charge in [0.2, 0.25) is 5.83 Å². The summed E-state index contributed by atoms with van der Waals surface area (Å²) >= 11 is 0. The third-order valence-electron chi connectivity index (χ3n) is 2.66. The fourth-order valence-corrected chi connectivity index (χ4v) is 1.85. The van der Waals surface area contributed by atoms with Crippen molar-refractivity contribution in [1.29, 1.82) is 0 Å². The molecule has 0 bridgehead atoms. The summed E-state index contributed by atoms with van der Waals surface area (Å²) in [5.74, 6) is -1.37. The molecule has 1 rings (SSSR count). The van der Waals surface area contributed by atoms with Crippen LogP contribution in [0.5, 0.6) is 0 Å². The summed E-state index contributed by atoms with van der Waals surface area (Å²) in [7, 11) is 1.20. The van der Waals surface area contributed by atoms with Crippen molar-refractivity contribution >= 4 is 5.97 Å². The standard InChI is InChI=1S/C11H17FO2/c1-14-11(13)10(12)8-9-6-4-2-3-5-7-9/h8-9H,2-7H2,1H3/b10-8-. The predicted octanol–water partition coefficient (Wildman–Crippen LogP) is 2.98. The first-order valence-electron chi connectivity index (χ1n) is 5.19. The number of hydrogen-bond acceptors (Lipinski definition) is 2. The number of allylic oxidation sites excluding steroid dienone is 1. The van der Waals surface area contributed by atoms with Gasteiger partial charge in [0.05, 0.1) is 7.11 Å². The maximum absolute atomic E-state index is 13.1. The maximum Gasteiger partial charge on any atom is 0.366 e. The summed E-state index contributed by atoms with van der Waals surface area (Å²) in [6.07, 6.45) is 8.13. The van der Waals surface area contributed by atoms with Crippen LogP contribution in [0.2, 0.25) is 0 Å². The quantitative estimate of drug-likeness (QED) is 0.389. The molecule has 0 amide bonds. The van der Waals surface area contributed by atoms with E-state index in [1.165, 1.54) is 26.0 Å². The van der Waals surface area contributed by atoms with E-state index in [0.717, 1.165) is 25.7 Å². The number of ether oxygens (including phenoxy) is 1. The number of carbonyl (C=O) groups is 1. The molecule has 0 spiro atoms. The molecule has 0 aromatic rings. The zero-order valence-corrected chi connectivity index (χ0v) is 8.59. The van der Waals surface area contributed by atoms with Gasteiger partial charge in [0.15, 0.2) is 0 Å². The van der Waals surface area contributed by atoms with Gasteiger partial charge in [-0.1, -0.05) is 25.7 Å². The molecule has 2 nitrogen and oxygen atoms in total. The second kappa shape index (κ2) is 5.78. The molecule has 0 aliphatic heterocycles. The third kappa shape index (κ3) is 3.48. The first-order chi connectivity index (χ1) is 6.74. The lowest BCUT2D eigenvalue weighted by atomic mass is 10.00. The van der Waals surface area contributed by atoms with Gasteiger partial charge >= 0.3 is 5.97 Å². The van der Waals surface area contributed by atoms with E-state index in [9.17, 15) is 9.18 Å². The molecule has 14 heavy (non-hydrogen) atoms. The second-order valence-electron chi connectivity index (χ2n) is 3.76. The Morgan fingerprint density at radius 2 is 1.86 bits per heavy atom. The zero-order chi connectivity index (χ0) is 10.4. The fourth-order valence-electron chi connectivity index (χ4n) is 1.85. The Hall–Kier alpha value is -0.860. The van der Waals surface area contributed by atoms with E-state index in [1.807, 2.05) is 0 Å². The van der Waals surface area contributed by atoms with E-state index < -0.39 is 11.8 Å². The Morgan fingerprint density at radius 3 is 2.36 bits per heavy atom. The van der Waals surface area contributed by atoms with E-state index in [-0.39, 0.29) is 5.92 Å². The SMILES string of the molecule is COC(=O)/C(F)=C/C1CCCCCC1. The van der Waals surface area contributed by atoms with Gasteiger partial charge in [-0.3, -0.25) is 0 Å². The van der Waals surface area contributed by atoms with Crippen molar-refractivity contribution in [3.8, 4) is 0 Å². The minimum Gasteiger partial charge on any atom is -0.464 e. The average molecular weight is 200 g/mol. The predicted molar refractivity (Wildman–Crippen MR) is 52.4 cm³/mol. The Bertz CT molecular complexity index is 215. The minimum atomic E-state index is -0.853. The van der Waals surface area contributed by atoms with E-state index in [4.69, 9.17) is 0 Å². The minimum absolute atomic E-state index is 0.219. The molecule has 0 unspecified atom stereocenters. The summed E-state index contributed by atoms with van der Waals surface area (Å²) in [4.78, 5) is 10.8. The van der Waals surface area contributed by atoms with Crippen molar-refractivity contribution in [3.05, 3.63) is 11.9 Å². The van der Waals surface area contributed by atoms with E-state index >= 15 is 0 Å². The van der Waals surface area contributed by atoms with Crippen LogP contribution in [0.15, 0.2) is 11.9 Å². The Balaban J connectivity index is 2.50. The molecular formula is C11H17FO2. The lowest BCUT2D eigenvalue weighted by Crippen LogP contribution is -2.03. The highest BCUT2D eigenvalue weighted by Crippen LogP contribution is 2.25. The van der Waals surface area contributed by atoms with Gasteiger partial charge < -0.3 is 4.74 Å². The molecule has 1 aliphatic carbocycles. The van der Waals surface area contributed by atoms with Crippen LogP contribution in [0.1, 0.15) is 38.5 Å². The van der Waals surface area contributed by atoms with Crippen LogP contribution in [0, 0.1) is 5.92 Å². The van der Waals surface area contributed by atoms with E-state index in [1.54, 1.807) is 0 Å². The summed E-state index contributed by atoms with van der Waals surface area (Å²) in [5.41, 5.74) is 0. The molecule has 0 saturated heterocycles. The molecule has 0 radical (unpaired) electrons. The molecule has 0 aromatic heterocycles. The van der Waals surface area contributed by atoms with Gasteiger partial charge in [-0.25, -0.2) is 4.79 Å². The number of esters is 1. The van der Waals surface area contributed by atoms with Crippen LogP contribution < -0.4 is 0 Å². The molecular weight excluding hydrogens is 183 g/mol. The van der Waals surface area contributed by atoms with Crippen LogP contribution in [-0.4, -0.2) is 13.1 Å². The summed E-state index contributed by atoms with van der Waals surface area (Å²) < 4.78 is 17.4. The van der Waals surface area contributed by atoms with Crippen molar-refractivity contribution in [2.45, 2.75) is 38.5 Å². The molecule has 0 aromatic carbocycles. The van der Waals surface area contributed by atoms with Gasteiger partial charge in [-0.15, -0.1) is 0 Å². The number of methoxy groups -OCH3 is 1. The van der Waals surface area contributed by atoms with Crippen molar-refractivity contribution in [3.63, 3.8) is 0 Å². The molecule has 80 valence electrons. The van der Waals surface area contributed by atoms with Crippen LogP contribution >= 0.6 is 0 Å². The van der Waals surface area contributed by atoms with Crippen LogP contribution in [0.3, 0.4) is 0 Å². The molecule has 1 fully saturated rings. The monoisotopic (exact) mass is 200 g/mol.